The molecule has 0 atom stereocenters. The van der Waals surface area contributed by atoms with Gasteiger partial charge in [-0.25, -0.2) is 13.4 Å². The summed E-state index contributed by atoms with van der Waals surface area (Å²) in [4.78, 5) is 27.9. The Morgan fingerprint density at radius 3 is 2.64 bits per heavy atom. The quantitative estimate of drug-likeness (QED) is 0.680. The number of carbonyl (C=O) groups excluding carboxylic acids is 2. The molecule has 0 spiro atoms. The maximum Gasteiger partial charge on any atom is 0.287 e. The lowest BCUT2D eigenvalue weighted by molar-refractivity contribution is -0.116. The number of pyridine rings is 1. The third-order valence-corrected chi connectivity index (χ3v) is 5.71. The highest BCUT2D eigenvalue weighted by molar-refractivity contribution is 7.89. The maximum absolute atomic E-state index is 12.5. The number of nitrogens with one attached hydrogen (secondary N) is 2. The van der Waals surface area contributed by atoms with Crippen LogP contribution < -0.4 is 10.6 Å². The molecule has 28 heavy (non-hydrogen) atoms. The summed E-state index contributed by atoms with van der Waals surface area (Å²) in [6, 6.07) is 7.65. The molecule has 0 saturated carbocycles. The number of amides is 2. The first-order chi connectivity index (χ1) is 13.5. The summed E-state index contributed by atoms with van der Waals surface area (Å²) >= 11 is 0. The van der Waals surface area contributed by atoms with Crippen molar-refractivity contribution in [3.05, 3.63) is 42.3 Å². The van der Waals surface area contributed by atoms with Crippen molar-refractivity contribution in [1.29, 1.82) is 0 Å². The second-order valence-electron chi connectivity index (χ2n) is 5.90. The molecule has 0 radical (unpaired) electrons. The van der Waals surface area contributed by atoms with Crippen molar-refractivity contribution in [3.8, 4) is 0 Å². The Balaban J connectivity index is 1.50. The Labute approximate surface area is 161 Å². The fourth-order valence-corrected chi connectivity index (χ4v) is 3.83. The van der Waals surface area contributed by atoms with E-state index in [1.165, 1.54) is 16.4 Å². The van der Waals surface area contributed by atoms with Gasteiger partial charge in [0, 0.05) is 32.3 Å². The molecule has 1 saturated heterocycles. The number of morpholine rings is 1. The lowest BCUT2D eigenvalue weighted by atomic mass is 10.3. The maximum atomic E-state index is 12.5. The Kier molecular flexibility index (Phi) is 6.39. The van der Waals surface area contributed by atoms with Crippen LogP contribution in [0.4, 0.5) is 5.82 Å². The van der Waals surface area contributed by atoms with Crippen LogP contribution in [0, 0.1) is 0 Å². The summed E-state index contributed by atoms with van der Waals surface area (Å²) in [6.07, 6.45) is 1.58. The van der Waals surface area contributed by atoms with Crippen molar-refractivity contribution >= 4 is 27.7 Å². The molecular formula is C17H20N4O6S. The van der Waals surface area contributed by atoms with Crippen LogP contribution in [0.2, 0.25) is 0 Å². The third kappa shape index (κ3) is 4.94. The lowest BCUT2D eigenvalue weighted by Gasteiger charge is -2.24. The third-order valence-electron chi connectivity index (χ3n) is 3.94. The zero-order chi connectivity index (χ0) is 20.0. The van der Waals surface area contributed by atoms with Gasteiger partial charge in [0.2, 0.25) is 11.0 Å². The second-order valence-corrected chi connectivity index (χ2v) is 7.77. The van der Waals surface area contributed by atoms with E-state index in [1.54, 1.807) is 24.4 Å². The van der Waals surface area contributed by atoms with E-state index in [1.807, 2.05) is 0 Å². The molecule has 2 N–H and O–H groups in total. The van der Waals surface area contributed by atoms with Gasteiger partial charge in [0.25, 0.3) is 15.9 Å². The van der Waals surface area contributed by atoms with E-state index >= 15 is 0 Å². The summed E-state index contributed by atoms with van der Waals surface area (Å²) in [6.45, 7) is 1.15. The average Bonchev–Trinajstić information content (AvgIpc) is 3.20. The molecule has 3 heterocycles. The van der Waals surface area contributed by atoms with Crippen LogP contribution in [0.25, 0.3) is 0 Å². The Morgan fingerprint density at radius 2 is 1.93 bits per heavy atom. The van der Waals surface area contributed by atoms with Gasteiger partial charge >= 0.3 is 0 Å². The fraction of sp³-hybridized carbons (Fsp3) is 0.353. The standard InChI is InChI=1S/C17H20N4O6S/c22-15(20-14-3-1-2-7-18-14)6-8-19-17(23)13-4-5-16(27-13)28(24,25)21-9-11-26-12-10-21/h1-5,7H,6,8-12H2,(H,19,23)(H,18,20,22). The molecule has 3 rings (SSSR count). The van der Waals surface area contributed by atoms with E-state index in [2.05, 4.69) is 15.6 Å². The van der Waals surface area contributed by atoms with E-state index in [0.29, 0.717) is 19.0 Å². The molecule has 150 valence electrons. The van der Waals surface area contributed by atoms with Gasteiger partial charge in [0.1, 0.15) is 5.82 Å². The minimum Gasteiger partial charge on any atom is -0.438 e. The fourth-order valence-electron chi connectivity index (χ4n) is 2.51. The first kappa shape index (κ1) is 20.0. The van der Waals surface area contributed by atoms with Crippen LogP contribution in [-0.2, 0) is 19.6 Å². The summed E-state index contributed by atoms with van der Waals surface area (Å²) < 4.78 is 36.6. The molecule has 2 aromatic rings. The number of ether oxygens (including phenoxy) is 1. The molecule has 10 nitrogen and oxygen atoms in total. The van der Waals surface area contributed by atoms with Gasteiger partial charge in [-0.3, -0.25) is 9.59 Å². The molecule has 1 fully saturated rings. The van der Waals surface area contributed by atoms with Gasteiger partial charge in [0.05, 0.1) is 13.2 Å². The van der Waals surface area contributed by atoms with Gasteiger partial charge < -0.3 is 19.8 Å². The molecule has 0 aliphatic carbocycles. The van der Waals surface area contributed by atoms with Crippen molar-refractivity contribution < 1.29 is 27.2 Å². The zero-order valence-corrected chi connectivity index (χ0v) is 15.8. The average molecular weight is 408 g/mol. The Hall–Kier alpha value is -2.76. The molecule has 1 aliphatic rings. The highest BCUT2D eigenvalue weighted by Gasteiger charge is 2.30. The van der Waals surface area contributed by atoms with Crippen LogP contribution in [0.5, 0.6) is 0 Å². The first-order valence-electron chi connectivity index (χ1n) is 8.63. The predicted molar refractivity (Wildman–Crippen MR) is 98.1 cm³/mol. The number of carbonyl (C=O) groups is 2. The molecular weight excluding hydrogens is 388 g/mol. The highest BCUT2D eigenvalue weighted by atomic mass is 32.2. The monoisotopic (exact) mass is 408 g/mol. The summed E-state index contributed by atoms with van der Waals surface area (Å²) in [5, 5.41) is 4.81. The van der Waals surface area contributed by atoms with Gasteiger partial charge in [0.15, 0.2) is 5.76 Å². The van der Waals surface area contributed by atoms with Crippen LogP contribution in [0.15, 0.2) is 46.0 Å². The smallest absolute Gasteiger partial charge is 0.287 e. The van der Waals surface area contributed by atoms with Crippen molar-refractivity contribution in [2.75, 3.05) is 38.2 Å². The summed E-state index contributed by atoms with van der Waals surface area (Å²) in [5.41, 5.74) is 0. The van der Waals surface area contributed by atoms with Crippen molar-refractivity contribution in [3.63, 3.8) is 0 Å². The Bertz CT molecular complexity index is 922. The number of hydrogen-bond donors (Lipinski definition) is 2. The zero-order valence-electron chi connectivity index (χ0n) is 15.0. The predicted octanol–water partition coefficient (Wildman–Crippen LogP) is 0.454. The van der Waals surface area contributed by atoms with Crippen LogP contribution in [0.1, 0.15) is 17.0 Å². The van der Waals surface area contributed by atoms with E-state index in [0.717, 1.165) is 0 Å². The molecule has 0 aromatic carbocycles. The minimum atomic E-state index is -3.81. The van der Waals surface area contributed by atoms with E-state index < -0.39 is 15.9 Å². The molecule has 1 aliphatic heterocycles. The van der Waals surface area contributed by atoms with Gasteiger partial charge in [-0.2, -0.15) is 4.31 Å². The molecule has 11 heteroatoms. The minimum absolute atomic E-state index is 0.0297. The number of furan rings is 1. The number of anilines is 1. The number of aromatic nitrogens is 1. The van der Waals surface area contributed by atoms with Gasteiger partial charge in [-0.1, -0.05) is 6.07 Å². The molecule has 0 unspecified atom stereocenters. The molecule has 2 aromatic heterocycles. The van der Waals surface area contributed by atoms with Crippen molar-refractivity contribution in [2.24, 2.45) is 0 Å². The summed E-state index contributed by atoms with van der Waals surface area (Å²) in [7, 11) is -3.81. The topological polar surface area (TPSA) is 131 Å². The van der Waals surface area contributed by atoms with Crippen LogP contribution in [-0.4, -0.2) is 62.4 Å². The lowest BCUT2D eigenvalue weighted by Crippen LogP contribution is -2.40. The van der Waals surface area contributed by atoms with Crippen LogP contribution in [0.3, 0.4) is 0 Å². The van der Waals surface area contributed by atoms with Gasteiger partial charge in [-0.05, 0) is 24.3 Å². The number of sulfonamides is 1. The number of hydrogen-bond acceptors (Lipinski definition) is 7. The van der Waals surface area contributed by atoms with E-state index in [4.69, 9.17) is 9.15 Å². The van der Waals surface area contributed by atoms with Crippen molar-refractivity contribution in [1.82, 2.24) is 14.6 Å². The van der Waals surface area contributed by atoms with Gasteiger partial charge in [-0.15, -0.1) is 0 Å². The Morgan fingerprint density at radius 1 is 1.14 bits per heavy atom. The number of rotatable bonds is 7. The molecule has 0 bridgehead atoms. The highest BCUT2D eigenvalue weighted by Crippen LogP contribution is 2.19. The van der Waals surface area contributed by atoms with Crippen LogP contribution >= 0.6 is 0 Å². The normalized spacial score (nSPS) is 15.1. The largest absolute Gasteiger partial charge is 0.438 e. The van der Waals surface area contributed by atoms with E-state index in [-0.39, 0.29) is 42.8 Å². The molecule has 2 amide bonds. The first-order valence-corrected chi connectivity index (χ1v) is 10.1. The summed E-state index contributed by atoms with van der Waals surface area (Å²) in [5.74, 6) is -0.636. The number of nitrogens with zero attached hydrogens (tertiary/aromatic N) is 2. The van der Waals surface area contributed by atoms with Crippen molar-refractivity contribution in [2.45, 2.75) is 11.5 Å². The van der Waals surface area contributed by atoms with E-state index in [9.17, 15) is 18.0 Å². The second kappa shape index (κ2) is 8.95. The SMILES string of the molecule is O=C(CCNC(=O)c1ccc(S(=O)(=O)N2CCOCC2)o1)Nc1ccccn1.